The van der Waals surface area contributed by atoms with Crippen LogP contribution in [0.4, 0.5) is 5.69 Å². The average molecular weight is 316 g/mol. The zero-order chi connectivity index (χ0) is 16.2. The topological polar surface area (TPSA) is 127 Å². The van der Waals surface area contributed by atoms with Gasteiger partial charge in [0.2, 0.25) is 10.0 Å². The zero-order valence-corrected chi connectivity index (χ0v) is 12.4. The fourth-order valence-electron chi connectivity index (χ4n) is 1.75. The Morgan fingerprint density at radius 2 is 2.10 bits per heavy atom. The minimum Gasteiger partial charge on any atom is -0.481 e. The molecule has 0 bridgehead atoms. The van der Waals surface area contributed by atoms with Crippen molar-refractivity contribution in [2.75, 3.05) is 0 Å². The molecule has 1 aromatic rings. The van der Waals surface area contributed by atoms with E-state index >= 15 is 0 Å². The van der Waals surface area contributed by atoms with E-state index in [2.05, 4.69) is 4.72 Å². The van der Waals surface area contributed by atoms with E-state index in [1.165, 1.54) is 19.1 Å². The molecule has 0 saturated heterocycles. The van der Waals surface area contributed by atoms with Gasteiger partial charge in [0.05, 0.1) is 16.2 Å². The third-order valence-electron chi connectivity index (χ3n) is 2.91. The number of rotatable bonds is 7. The Morgan fingerprint density at radius 3 is 2.57 bits per heavy atom. The van der Waals surface area contributed by atoms with Crippen LogP contribution in [-0.2, 0) is 14.8 Å². The van der Waals surface area contributed by atoms with Crippen LogP contribution in [0.15, 0.2) is 23.1 Å². The summed E-state index contributed by atoms with van der Waals surface area (Å²) in [4.78, 5) is 20.5. The summed E-state index contributed by atoms with van der Waals surface area (Å²) in [5, 5.41) is 19.5. The number of sulfonamides is 1. The molecule has 0 fully saturated rings. The minimum atomic E-state index is -4.02. The molecule has 0 aliphatic rings. The van der Waals surface area contributed by atoms with Crippen molar-refractivity contribution in [1.82, 2.24) is 4.72 Å². The zero-order valence-electron chi connectivity index (χ0n) is 11.6. The van der Waals surface area contributed by atoms with Gasteiger partial charge in [0, 0.05) is 18.2 Å². The lowest BCUT2D eigenvalue weighted by molar-refractivity contribution is -0.385. The monoisotopic (exact) mass is 316 g/mol. The molecule has 0 aliphatic carbocycles. The van der Waals surface area contributed by atoms with E-state index in [1.807, 2.05) is 0 Å². The Hall–Kier alpha value is -2.00. The van der Waals surface area contributed by atoms with Crippen molar-refractivity contribution in [1.29, 1.82) is 0 Å². The molecule has 0 saturated carbocycles. The quantitative estimate of drug-likeness (QED) is 0.579. The van der Waals surface area contributed by atoms with Crippen LogP contribution in [0.25, 0.3) is 0 Å². The maximum Gasteiger partial charge on any atom is 0.304 e. The molecule has 0 radical (unpaired) electrons. The number of carboxylic acids is 1. The van der Waals surface area contributed by atoms with Crippen LogP contribution in [0, 0.1) is 17.0 Å². The number of aryl methyl sites for hydroxylation is 1. The SMILES string of the molecule is CCC(CC(=O)O)NS(=O)(=O)c1cc([N+](=O)[O-])ccc1C. The normalized spacial score (nSPS) is 12.9. The van der Waals surface area contributed by atoms with Crippen LogP contribution >= 0.6 is 0 Å². The maximum absolute atomic E-state index is 12.3. The van der Waals surface area contributed by atoms with E-state index in [4.69, 9.17) is 5.11 Å². The number of nitrogens with one attached hydrogen (secondary N) is 1. The third-order valence-corrected chi connectivity index (χ3v) is 4.57. The highest BCUT2D eigenvalue weighted by atomic mass is 32.2. The molecule has 0 aromatic heterocycles. The fraction of sp³-hybridized carbons (Fsp3) is 0.417. The summed E-state index contributed by atoms with van der Waals surface area (Å²) < 4.78 is 26.8. The first-order valence-corrected chi connectivity index (χ1v) is 7.65. The summed E-state index contributed by atoms with van der Waals surface area (Å²) in [5.41, 5.74) is 0.00513. The molecular weight excluding hydrogens is 300 g/mol. The fourth-order valence-corrected chi connectivity index (χ4v) is 3.34. The highest BCUT2D eigenvalue weighted by Gasteiger charge is 2.24. The summed E-state index contributed by atoms with van der Waals surface area (Å²) in [6.07, 6.45) is -0.0663. The number of aliphatic carboxylic acids is 1. The van der Waals surface area contributed by atoms with Crippen molar-refractivity contribution >= 4 is 21.7 Å². The standard InChI is InChI=1S/C12H16N2O6S/c1-3-9(6-12(15)16)13-21(19,20)11-7-10(14(17)18)5-4-8(11)2/h4-5,7,9,13H,3,6H2,1-2H3,(H,15,16). The Balaban J connectivity index is 3.15. The summed E-state index contributed by atoms with van der Waals surface area (Å²) >= 11 is 0. The number of non-ortho nitro benzene ring substituents is 1. The molecule has 1 unspecified atom stereocenters. The molecular formula is C12H16N2O6S. The van der Waals surface area contributed by atoms with Gasteiger partial charge in [0.15, 0.2) is 0 Å². The van der Waals surface area contributed by atoms with Crippen LogP contribution < -0.4 is 4.72 Å². The Morgan fingerprint density at radius 1 is 1.48 bits per heavy atom. The predicted molar refractivity (Wildman–Crippen MR) is 74.5 cm³/mol. The lowest BCUT2D eigenvalue weighted by Gasteiger charge is -2.16. The van der Waals surface area contributed by atoms with Crippen LogP contribution in [0.1, 0.15) is 25.3 Å². The van der Waals surface area contributed by atoms with Crippen LogP contribution in [-0.4, -0.2) is 30.5 Å². The number of nitro groups is 1. The number of carbonyl (C=O) groups is 1. The van der Waals surface area contributed by atoms with Gasteiger partial charge in [-0.3, -0.25) is 14.9 Å². The second-order valence-corrected chi connectivity index (χ2v) is 6.21. The van der Waals surface area contributed by atoms with Gasteiger partial charge in [0.1, 0.15) is 0 Å². The summed E-state index contributed by atoms with van der Waals surface area (Å²) in [6, 6.07) is 2.74. The molecule has 0 amide bonds. The van der Waals surface area contributed by atoms with Gasteiger partial charge in [-0.05, 0) is 18.9 Å². The van der Waals surface area contributed by atoms with Crippen molar-refractivity contribution in [3.63, 3.8) is 0 Å². The van der Waals surface area contributed by atoms with Crippen molar-refractivity contribution < 1.29 is 23.2 Å². The average Bonchev–Trinajstić information content (AvgIpc) is 2.36. The van der Waals surface area contributed by atoms with Gasteiger partial charge >= 0.3 is 5.97 Å². The first-order chi connectivity index (χ1) is 9.67. The van der Waals surface area contributed by atoms with Crippen molar-refractivity contribution in [3.05, 3.63) is 33.9 Å². The maximum atomic E-state index is 12.3. The second-order valence-electron chi connectivity index (χ2n) is 4.53. The van der Waals surface area contributed by atoms with Crippen LogP contribution in [0.2, 0.25) is 0 Å². The molecule has 0 aliphatic heterocycles. The first-order valence-electron chi connectivity index (χ1n) is 6.16. The molecule has 0 spiro atoms. The molecule has 9 heteroatoms. The molecule has 2 N–H and O–H groups in total. The predicted octanol–water partition coefficient (Wildman–Crippen LogP) is 1.43. The molecule has 8 nitrogen and oxygen atoms in total. The number of benzene rings is 1. The van der Waals surface area contributed by atoms with Crippen molar-refractivity contribution in [3.8, 4) is 0 Å². The lowest BCUT2D eigenvalue weighted by Crippen LogP contribution is -2.36. The van der Waals surface area contributed by atoms with Gasteiger partial charge in [-0.1, -0.05) is 13.0 Å². The number of nitrogens with zero attached hydrogens (tertiary/aromatic N) is 1. The van der Waals surface area contributed by atoms with E-state index in [-0.39, 0.29) is 17.0 Å². The van der Waals surface area contributed by atoms with Gasteiger partial charge in [-0.2, -0.15) is 0 Å². The Labute approximate surface area is 122 Å². The number of carboxylic acid groups (broad SMARTS) is 1. The Bertz CT molecular complexity index is 656. The van der Waals surface area contributed by atoms with Gasteiger partial charge in [-0.15, -0.1) is 0 Å². The van der Waals surface area contributed by atoms with Gasteiger partial charge in [-0.25, -0.2) is 13.1 Å². The highest BCUT2D eigenvalue weighted by Crippen LogP contribution is 2.22. The van der Waals surface area contributed by atoms with E-state index in [1.54, 1.807) is 6.92 Å². The van der Waals surface area contributed by atoms with Gasteiger partial charge in [0.25, 0.3) is 5.69 Å². The second kappa shape index (κ2) is 6.64. The van der Waals surface area contributed by atoms with E-state index in [9.17, 15) is 23.3 Å². The summed E-state index contributed by atoms with van der Waals surface area (Å²) in [7, 11) is -4.02. The lowest BCUT2D eigenvalue weighted by atomic mass is 10.2. The van der Waals surface area contributed by atoms with Crippen LogP contribution in [0.5, 0.6) is 0 Å². The molecule has 1 atom stereocenters. The van der Waals surface area contributed by atoms with Gasteiger partial charge < -0.3 is 5.11 Å². The summed E-state index contributed by atoms with van der Waals surface area (Å²) in [6.45, 7) is 3.16. The first kappa shape index (κ1) is 17.1. The molecule has 21 heavy (non-hydrogen) atoms. The minimum absolute atomic E-state index is 0.222. The van der Waals surface area contributed by atoms with Crippen molar-refractivity contribution in [2.45, 2.75) is 37.6 Å². The largest absolute Gasteiger partial charge is 0.481 e. The van der Waals surface area contributed by atoms with Crippen LogP contribution in [0.3, 0.4) is 0 Å². The molecule has 116 valence electrons. The molecule has 1 aromatic carbocycles. The van der Waals surface area contributed by atoms with E-state index < -0.39 is 27.0 Å². The van der Waals surface area contributed by atoms with Crippen molar-refractivity contribution in [2.24, 2.45) is 0 Å². The van der Waals surface area contributed by atoms with E-state index in [0.717, 1.165) is 6.07 Å². The molecule has 0 heterocycles. The number of hydrogen-bond donors (Lipinski definition) is 2. The molecule has 1 rings (SSSR count). The highest BCUT2D eigenvalue weighted by molar-refractivity contribution is 7.89. The number of hydrogen-bond acceptors (Lipinski definition) is 5. The number of nitro benzene ring substituents is 1. The smallest absolute Gasteiger partial charge is 0.304 e. The third kappa shape index (κ3) is 4.50. The van der Waals surface area contributed by atoms with E-state index in [0.29, 0.717) is 12.0 Å². The summed E-state index contributed by atoms with van der Waals surface area (Å²) in [5.74, 6) is -1.12. The Kier molecular flexibility index (Phi) is 5.39.